The Hall–Kier alpha value is -3.72. The summed E-state index contributed by atoms with van der Waals surface area (Å²) in [6, 6.07) is 13.7. The van der Waals surface area contributed by atoms with Crippen LogP contribution in [-0.4, -0.2) is 35.5 Å². The number of nitrogens with one attached hydrogen (secondary N) is 2. The number of amides is 2. The average Bonchev–Trinajstić information content (AvgIpc) is 3.26. The number of carbonyl (C=O) groups excluding carboxylic acids is 1. The molecule has 0 spiro atoms. The van der Waals surface area contributed by atoms with E-state index in [4.69, 9.17) is 9.26 Å². The summed E-state index contributed by atoms with van der Waals surface area (Å²) >= 11 is 0. The third-order valence-electron chi connectivity index (χ3n) is 5.82. The van der Waals surface area contributed by atoms with Crippen molar-refractivity contribution in [2.24, 2.45) is 0 Å². The number of aromatic nitrogens is 1. The zero-order valence-electron chi connectivity index (χ0n) is 18.0. The molecule has 2 aromatic carbocycles. The lowest BCUT2D eigenvalue weighted by Crippen LogP contribution is -2.53. The molecule has 1 unspecified atom stereocenters. The molecular weight excluding hydrogens is 429 g/mol. The van der Waals surface area contributed by atoms with Crippen molar-refractivity contribution in [3.8, 4) is 11.3 Å². The molecule has 1 atom stereocenters. The van der Waals surface area contributed by atoms with Crippen LogP contribution in [-0.2, 0) is 10.3 Å². The van der Waals surface area contributed by atoms with Gasteiger partial charge in [0.2, 0.25) is 0 Å². The third kappa shape index (κ3) is 4.73. The molecule has 1 aliphatic heterocycles. The monoisotopic (exact) mass is 453 g/mol. The van der Waals surface area contributed by atoms with Crippen molar-refractivity contribution < 1.29 is 28.3 Å². The van der Waals surface area contributed by atoms with E-state index < -0.39 is 29.4 Å². The number of urea groups is 1. The molecule has 3 N–H and O–H groups in total. The zero-order valence-corrected chi connectivity index (χ0v) is 18.0. The Kier molecular flexibility index (Phi) is 6.41. The number of ether oxygens (including phenoxy) is 1. The first-order chi connectivity index (χ1) is 15.9. The standard InChI is InChI=1S/C24H24FN3O5/c1-15(21-19(22(29)30)20(28-33-21)16-7-9-18(25)10-8-16)26-23(31)27-24(11-13-32-14-12-24)17-5-3-2-4-6-17/h2-10,15H,11-14H2,1H3,(H,29,30)(H2,26,27,31). The van der Waals surface area contributed by atoms with Crippen molar-refractivity contribution >= 4 is 12.0 Å². The normalized spacial score (nSPS) is 16.1. The highest BCUT2D eigenvalue weighted by Crippen LogP contribution is 2.33. The van der Waals surface area contributed by atoms with E-state index in [1.165, 1.54) is 24.3 Å². The van der Waals surface area contributed by atoms with Gasteiger partial charge in [-0.2, -0.15) is 0 Å². The predicted octanol–water partition coefficient (Wildman–Crippen LogP) is 4.25. The van der Waals surface area contributed by atoms with Gasteiger partial charge in [0.05, 0.1) is 11.6 Å². The van der Waals surface area contributed by atoms with Gasteiger partial charge in [0.25, 0.3) is 0 Å². The van der Waals surface area contributed by atoms with Crippen LogP contribution in [0.3, 0.4) is 0 Å². The summed E-state index contributed by atoms with van der Waals surface area (Å²) in [4.78, 5) is 24.9. The lowest BCUT2D eigenvalue weighted by Gasteiger charge is -2.38. The van der Waals surface area contributed by atoms with Crippen LogP contribution in [0.25, 0.3) is 11.3 Å². The maximum atomic E-state index is 13.3. The van der Waals surface area contributed by atoms with Gasteiger partial charge in [-0.15, -0.1) is 0 Å². The lowest BCUT2D eigenvalue weighted by molar-refractivity contribution is 0.0407. The molecule has 2 heterocycles. The number of hydrogen-bond donors (Lipinski definition) is 3. The number of carboxylic acids is 1. The second-order valence-electron chi connectivity index (χ2n) is 7.96. The van der Waals surface area contributed by atoms with Gasteiger partial charge in [0.1, 0.15) is 17.1 Å². The molecule has 0 aliphatic carbocycles. The number of carbonyl (C=O) groups is 2. The molecule has 0 saturated carbocycles. The second-order valence-corrected chi connectivity index (χ2v) is 7.96. The van der Waals surface area contributed by atoms with Gasteiger partial charge < -0.3 is 25.0 Å². The van der Waals surface area contributed by atoms with Crippen molar-refractivity contribution in [1.29, 1.82) is 0 Å². The number of rotatable bonds is 6. The van der Waals surface area contributed by atoms with E-state index in [9.17, 15) is 19.1 Å². The molecule has 3 aromatic rings. The first-order valence-electron chi connectivity index (χ1n) is 10.6. The Balaban J connectivity index is 1.55. The Morgan fingerprint density at radius 3 is 2.39 bits per heavy atom. The molecule has 172 valence electrons. The van der Waals surface area contributed by atoms with Gasteiger partial charge in [0.15, 0.2) is 5.76 Å². The van der Waals surface area contributed by atoms with Gasteiger partial charge in [-0.1, -0.05) is 35.5 Å². The molecule has 1 aliphatic rings. The summed E-state index contributed by atoms with van der Waals surface area (Å²) in [5.74, 6) is -1.71. The Bertz CT molecular complexity index is 1120. The summed E-state index contributed by atoms with van der Waals surface area (Å²) in [5.41, 5.74) is 0.654. The van der Waals surface area contributed by atoms with Crippen molar-refractivity contribution in [1.82, 2.24) is 15.8 Å². The van der Waals surface area contributed by atoms with E-state index in [1.807, 2.05) is 30.3 Å². The van der Waals surface area contributed by atoms with E-state index in [0.717, 1.165) is 5.56 Å². The predicted molar refractivity (Wildman–Crippen MR) is 117 cm³/mol. The minimum atomic E-state index is -1.26. The summed E-state index contributed by atoms with van der Waals surface area (Å²) < 4.78 is 24.1. The van der Waals surface area contributed by atoms with Crippen LogP contribution < -0.4 is 10.6 Å². The fourth-order valence-corrected chi connectivity index (χ4v) is 4.09. The molecule has 9 heteroatoms. The van der Waals surface area contributed by atoms with Crippen LogP contribution >= 0.6 is 0 Å². The Labute approximate surface area is 189 Å². The van der Waals surface area contributed by atoms with E-state index >= 15 is 0 Å². The highest BCUT2D eigenvalue weighted by Gasteiger charge is 2.37. The molecule has 1 saturated heterocycles. The molecule has 0 radical (unpaired) electrons. The highest BCUT2D eigenvalue weighted by molar-refractivity contribution is 5.96. The topological polar surface area (TPSA) is 114 Å². The van der Waals surface area contributed by atoms with Crippen molar-refractivity contribution in [3.63, 3.8) is 0 Å². The van der Waals surface area contributed by atoms with Crippen LogP contribution in [0, 0.1) is 5.82 Å². The first-order valence-corrected chi connectivity index (χ1v) is 10.6. The van der Waals surface area contributed by atoms with Crippen molar-refractivity contribution in [3.05, 3.63) is 77.3 Å². The third-order valence-corrected chi connectivity index (χ3v) is 5.82. The van der Waals surface area contributed by atoms with Gasteiger partial charge in [-0.3, -0.25) is 0 Å². The molecule has 1 aromatic heterocycles. The Morgan fingerprint density at radius 2 is 1.76 bits per heavy atom. The molecule has 1 fully saturated rings. The molecule has 4 rings (SSSR count). The molecule has 8 nitrogen and oxygen atoms in total. The maximum Gasteiger partial charge on any atom is 0.341 e. The van der Waals surface area contributed by atoms with Crippen molar-refractivity contribution in [2.75, 3.05) is 13.2 Å². The van der Waals surface area contributed by atoms with E-state index in [-0.39, 0.29) is 17.0 Å². The van der Waals surface area contributed by atoms with Crippen LogP contribution in [0.5, 0.6) is 0 Å². The van der Waals surface area contributed by atoms with Gasteiger partial charge >= 0.3 is 12.0 Å². The minimum Gasteiger partial charge on any atom is -0.477 e. The maximum absolute atomic E-state index is 13.3. The largest absolute Gasteiger partial charge is 0.477 e. The summed E-state index contributed by atoms with van der Waals surface area (Å²) in [7, 11) is 0. The number of benzene rings is 2. The summed E-state index contributed by atoms with van der Waals surface area (Å²) in [5, 5.41) is 19.5. The lowest BCUT2D eigenvalue weighted by atomic mass is 9.83. The minimum absolute atomic E-state index is 0.00212. The second kappa shape index (κ2) is 9.41. The number of nitrogens with zero attached hydrogens (tertiary/aromatic N) is 1. The van der Waals surface area contributed by atoms with Gasteiger partial charge in [-0.05, 0) is 49.6 Å². The van der Waals surface area contributed by atoms with Crippen LogP contribution in [0.1, 0.15) is 47.5 Å². The van der Waals surface area contributed by atoms with Gasteiger partial charge in [-0.25, -0.2) is 14.0 Å². The fourth-order valence-electron chi connectivity index (χ4n) is 4.09. The summed E-state index contributed by atoms with van der Waals surface area (Å²) in [6.45, 7) is 2.63. The molecule has 33 heavy (non-hydrogen) atoms. The zero-order chi connectivity index (χ0) is 23.4. The smallest absolute Gasteiger partial charge is 0.341 e. The van der Waals surface area contributed by atoms with Crippen LogP contribution in [0.4, 0.5) is 9.18 Å². The quantitative estimate of drug-likeness (QED) is 0.514. The number of carboxylic acid groups (broad SMARTS) is 1. The number of hydrogen-bond acceptors (Lipinski definition) is 5. The SMILES string of the molecule is CC(NC(=O)NC1(c2ccccc2)CCOCC1)c1onc(-c2ccc(F)cc2)c1C(=O)O. The van der Waals surface area contributed by atoms with E-state index in [2.05, 4.69) is 15.8 Å². The van der Waals surface area contributed by atoms with Gasteiger partial charge in [0, 0.05) is 18.8 Å². The fraction of sp³-hybridized carbons (Fsp3) is 0.292. The number of halogens is 1. The average molecular weight is 453 g/mol. The van der Waals surface area contributed by atoms with E-state index in [1.54, 1.807) is 6.92 Å². The van der Waals surface area contributed by atoms with Crippen LogP contribution in [0.15, 0.2) is 59.1 Å². The number of aromatic carboxylic acids is 1. The molecule has 2 amide bonds. The van der Waals surface area contributed by atoms with Crippen LogP contribution in [0.2, 0.25) is 0 Å². The van der Waals surface area contributed by atoms with E-state index in [0.29, 0.717) is 31.6 Å². The highest BCUT2D eigenvalue weighted by atomic mass is 19.1. The first kappa shape index (κ1) is 22.5. The summed E-state index contributed by atoms with van der Waals surface area (Å²) in [6.07, 6.45) is 1.21. The molecular formula is C24H24FN3O5. The van der Waals surface area contributed by atoms with Crippen molar-refractivity contribution in [2.45, 2.75) is 31.3 Å². The molecule has 0 bridgehead atoms. The Morgan fingerprint density at radius 1 is 1.09 bits per heavy atom.